The molecule has 0 spiro atoms. The summed E-state index contributed by atoms with van der Waals surface area (Å²) in [5.41, 5.74) is -2.36. The first-order valence-corrected chi connectivity index (χ1v) is 10.3. The van der Waals surface area contributed by atoms with Crippen LogP contribution < -0.4 is 15.4 Å². The van der Waals surface area contributed by atoms with Crippen molar-refractivity contribution in [2.24, 2.45) is 0 Å². The van der Waals surface area contributed by atoms with Gasteiger partial charge in [0.2, 0.25) is 0 Å². The van der Waals surface area contributed by atoms with Crippen molar-refractivity contribution in [1.82, 2.24) is 0 Å². The number of halogens is 4. The van der Waals surface area contributed by atoms with Gasteiger partial charge in [0.1, 0.15) is 11.6 Å². The van der Waals surface area contributed by atoms with Gasteiger partial charge in [0, 0.05) is 34.3 Å². The molecule has 2 aromatic rings. The topological polar surface area (TPSA) is 70.6 Å². The second kappa shape index (κ2) is 7.95. The molecule has 2 aromatic carbocycles. The van der Waals surface area contributed by atoms with Crippen LogP contribution in [0.15, 0.2) is 36.4 Å². The molecule has 3 N–H and O–H groups in total. The molecule has 0 fully saturated rings. The number of nitrogens with one attached hydrogen (secondary N) is 2. The third-order valence-corrected chi connectivity index (χ3v) is 6.31. The number of fused-ring (bicyclic) bond motifs is 2. The standard InChI is InChI=1S/C23H24F4N2O3/c1-21(7-8-32-20-6-5-14(24)9-17(20)21)12-22(31,23(25,26)27)13-29-19-4-2-3-18-16(19)10-15(30)11-28-18/h2-6,9,28-29,31H,7-8,10-13H2,1H3. The van der Waals surface area contributed by atoms with E-state index in [1.54, 1.807) is 25.1 Å². The fourth-order valence-electron chi connectivity index (χ4n) is 4.52. The molecule has 2 heterocycles. The van der Waals surface area contributed by atoms with Crippen molar-refractivity contribution in [3.8, 4) is 5.75 Å². The zero-order valence-electron chi connectivity index (χ0n) is 17.5. The number of hydrogen-bond acceptors (Lipinski definition) is 5. The summed E-state index contributed by atoms with van der Waals surface area (Å²) >= 11 is 0. The minimum atomic E-state index is -4.95. The number of carbonyl (C=O) groups is 1. The van der Waals surface area contributed by atoms with Crippen molar-refractivity contribution in [3.05, 3.63) is 53.3 Å². The van der Waals surface area contributed by atoms with Gasteiger partial charge in [0.05, 0.1) is 19.7 Å². The lowest BCUT2D eigenvalue weighted by molar-refractivity contribution is -0.261. The van der Waals surface area contributed by atoms with Gasteiger partial charge in [-0.15, -0.1) is 0 Å². The number of hydrogen-bond donors (Lipinski definition) is 3. The van der Waals surface area contributed by atoms with Gasteiger partial charge in [-0.1, -0.05) is 13.0 Å². The average Bonchev–Trinajstić information content (AvgIpc) is 2.72. The van der Waals surface area contributed by atoms with Crippen molar-refractivity contribution < 1.29 is 32.2 Å². The average molecular weight is 452 g/mol. The minimum absolute atomic E-state index is 0.0776. The lowest BCUT2D eigenvalue weighted by Crippen LogP contribution is -2.55. The van der Waals surface area contributed by atoms with Gasteiger partial charge in [-0.05, 0) is 43.2 Å². The maximum atomic E-state index is 14.1. The number of ether oxygens (including phenoxy) is 1. The SMILES string of the molecule is CC1(CC(O)(CNc2cccc3c2CC(=O)CN3)C(F)(F)F)CCOc2ccc(F)cc21. The number of anilines is 2. The van der Waals surface area contributed by atoms with Crippen molar-refractivity contribution in [1.29, 1.82) is 0 Å². The van der Waals surface area contributed by atoms with E-state index in [0.29, 0.717) is 28.3 Å². The number of benzene rings is 2. The normalized spacial score (nSPS) is 22.1. The highest BCUT2D eigenvalue weighted by atomic mass is 19.4. The lowest BCUT2D eigenvalue weighted by Gasteiger charge is -2.42. The molecule has 2 aliphatic rings. The van der Waals surface area contributed by atoms with Gasteiger partial charge in [0.25, 0.3) is 0 Å². The summed E-state index contributed by atoms with van der Waals surface area (Å²) in [5, 5.41) is 16.5. The number of carbonyl (C=O) groups excluding carboxylic acids is 1. The van der Waals surface area contributed by atoms with Crippen LogP contribution in [0, 0.1) is 5.82 Å². The number of rotatable bonds is 5. The zero-order chi connectivity index (χ0) is 23.1. The van der Waals surface area contributed by atoms with Crippen molar-refractivity contribution in [3.63, 3.8) is 0 Å². The Balaban J connectivity index is 1.63. The molecule has 0 amide bonds. The molecule has 172 valence electrons. The minimum Gasteiger partial charge on any atom is -0.493 e. The Morgan fingerprint density at radius 1 is 1.25 bits per heavy atom. The summed E-state index contributed by atoms with van der Waals surface area (Å²) in [6, 6.07) is 8.75. The van der Waals surface area contributed by atoms with Gasteiger partial charge in [-0.25, -0.2) is 4.39 Å². The molecule has 0 bridgehead atoms. The van der Waals surface area contributed by atoms with E-state index in [-0.39, 0.29) is 31.8 Å². The number of aliphatic hydroxyl groups is 1. The molecule has 2 aliphatic heterocycles. The van der Waals surface area contributed by atoms with Crippen LogP contribution >= 0.6 is 0 Å². The molecule has 9 heteroatoms. The van der Waals surface area contributed by atoms with Crippen LogP contribution in [0.2, 0.25) is 0 Å². The third kappa shape index (κ3) is 4.13. The maximum Gasteiger partial charge on any atom is 0.418 e. The van der Waals surface area contributed by atoms with Crippen LogP contribution in [0.5, 0.6) is 5.75 Å². The summed E-state index contributed by atoms with van der Waals surface area (Å²) in [7, 11) is 0. The molecule has 0 saturated carbocycles. The van der Waals surface area contributed by atoms with E-state index >= 15 is 0 Å². The molecule has 0 aliphatic carbocycles. The first-order chi connectivity index (χ1) is 15.0. The molecule has 0 aromatic heterocycles. The van der Waals surface area contributed by atoms with Gasteiger partial charge in [-0.2, -0.15) is 13.2 Å². The Labute approximate surface area is 182 Å². The fourth-order valence-corrected chi connectivity index (χ4v) is 4.52. The monoisotopic (exact) mass is 452 g/mol. The van der Waals surface area contributed by atoms with E-state index in [1.807, 2.05) is 0 Å². The zero-order valence-corrected chi connectivity index (χ0v) is 17.5. The predicted molar refractivity (Wildman–Crippen MR) is 112 cm³/mol. The van der Waals surface area contributed by atoms with Crippen LogP contribution in [0.3, 0.4) is 0 Å². The summed E-state index contributed by atoms with van der Waals surface area (Å²) in [5.74, 6) is -0.340. The molecule has 0 radical (unpaired) electrons. The summed E-state index contributed by atoms with van der Waals surface area (Å²) in [6.45, 7) is 1.09. The first-order valence-electron chi connectivity index (χ1n) is 10.3. The van der Waals surface area contributed by atoms with Gasteiger partial charge in [0.15, 0.2) is 11.4 Å². The van der Waals surface area contributed by atoms with Crippen molar-refractivity contribution in [2.75, 3.05) is 30.3 Å². The lowest BCUT2D eigenvalue weighted by atomic mass is 9.70. The quantitative estimate of drug-likeness (QED) is 0.594. The van der Waals surface area contributed by atoms with Crippen LogP contribution in [-0.4, -0.2) is 42.4 Å². The molecule has 32 heavy (non-hydrogen) atoms. The van der Waals surface area contributed by atoms with E-state index in [4.69, 9.17) is 4.74 Å². The van der Waals surface area contributed by atoms with E-state index in [9.17, 15) is 27.5 Å². The largest absolute Gasteiger partial charge is 0.493 e. The van der Waals surface area contributed by atoms with E-state index < -0.39 is 36.0 Å². The number of ketones is 1. The third-order valence-electron chi connectivity index (χ3n) is 6.31. The Bertz CT molecular complexity index is 1040. The van der Waals surface area contributed by atoms with Gasteiger partial charge < -0.3 is 20.5 Å². The van der Waals surface area contributed by atoms with E-state index in [2.05, 4.69) is 10.6 Å². The Kier molecular flexibility index (Phi) is 5.56. The van der Waals surface area contributed by atoms with Crippen LogP contribution in [0.4, 0.5) is 28.9 Å². The van der Waals surface area contributed by atoms with Crippen LogP contribution in [0.1, 0.15) is 30.9 Å². The Morgan fingerprint density at radius 3 is 2.78 bits per heavy atom. The Morgan fingerprint density at radius 2 is 2.03 bits per heavy atom. The molecule has 2 unspecified atom stereocenters. The first kappa shape index (κ1) is 22.4. The highest BCUT2D eigenvalue weighted by molar-refractivity contribution is 5.91. The fraction of sp³-hybridized carbons (Fsp3) is 0.435. The number of Topliss-reactive ketones (excluding diaryl/α,β-unsaturated/α-hetero) is 1. The van der Waals surface area contributed by atoms with E-state index in [1.165, 1.54) is 18.2 Å². The summed E-state index contributed by atoms with van der Waals surface area (Å²) in [6.07, 6.45) is -5.33. The summed E-state index contributed by atoms with van der Waals surface area (Å²) in [4.78, 5) is 11.8. The van der Waals surface area contributed by atoms with Crippen LogP contribution in [-0.2, 0) is 16.6 Å². The smallest absolute Gasteiger partial charge is 0.418 e. The van der Waals surface area contributed by atoms with Crippen molar-refractivity contribution >= 4 is 17.2 Å². The second-order valence-corrected chi connectivity index (χ2v) is 8.76. The molecule has 5 nitrogen and oxygen atoms in total. The van der Waals surface area contributed by atoms with Crippen LogP contribution in [0.25, 0.3) is 0 Å². The molecular formula is C23H24F4N2O3. The Hall–Kier alpha value is -2.81. The maximum absolute atomic E-state index is 14.1. The molecule has 4 rings (SSSR count). The number of alkyl halides is 3. The molecule has 0 saturated heterocycles. The van der Waals surface area contributed by atoms with Crippen molar-refractivity contribution in [2.45, 2.75) is 43.4 Å². The predicted octanol–water partition coefficient (Wildman–Crippen LogP) is 4.20. The highest BCUT2D eigenvalue weighted by Crippen LogP contribution is 2.47. The molecular weight excluding hydrogens is 428 g/mol. The van der Waals surface area contributed by atoms with Gasteiger partial charge in [-0.3, -0.25) is 4.79 Å². The summed E-state index contributed by atoms with van der Waals surface area (Å²) < 4.78 is 61.8. The second-order valence-electron chi connectivity index (χ2n) is 8.76. The molecule has 2 atom stereocenters. The van der Waals surface area contributed by atoms with Gasteiger partial charge >= 0.3 is 6.18 Å². The highest BCUT2D eigenvalue weighted by Gasteiger charge is 2.57. The van der Waals surface area contributed by atoms with E-state index in [0.717, 1.165) is 0 Å².